The molecule has 1 saturated heterocycles. The van der Waals surface area contributed by atoms with E-state index in [9.17, 15) is 19.8 Å². The number of carbonyl (C=O) groups is 2. The summed E-state index contributed by atoms with van der Waals surface area (Å²) in [6.45, 7) is 0.426. The smallest absolute Gasteiger partial charge is 0.314 e. The zero-order valence-electron chi connectivity index (χ0n) is 13.6. The number of carbonyl (C=O) groups excluding carboxylic acids is 1. The highest BCUT2D eigenvalue weighted by atomic mass is 16.4. The van der Waals surface area contributed by atoms with Crippen LogP contribution in [0, 0.1) is 11.3 Å². The molecule has 1 amide bonds. The average Bonchev–Trinajstić information content (AvgIpc) is 3.49. The lowest BCUT2D eigenvalue weighted by Crippen LogP contribution is -2.57. The maximum Gasteiger partial charge on any atom is 0.314 e. The molecule has 0 aromatic carbocycles. The fourth-order valence-electron chi connectivity index (χ4n) is 3.80. The van der Waals surface area contributed by atoms with Crippen molar-refractivity contribution in [1.29, 1.82) is 0 Å². The number of carboxylic acids is 1. The number of piperidine rings is 1. The number of hydrogen-bond donors (Lipinski definition) is 3. The minimum absolute atomic E-state index is 0.0600. The number of nitrogens with one attached hydrogen (secondary N) is 1. The fraction of sp³-hybridized carbons (Fsp3) is 0.706. The number of aliphatic carboxylic acids is 1. The van der Waals surface area contributed by atoms with Crippen LogP contribution in [-0.4, -0.2) is 56.4 Å². The van der Waals surface area contributed by atoms with E-state index >= 15 is 0 Å². The van der Waals surface area contributed by atoms with Gasteiger partial charge in [0.05, 0.1) is 6.10 Å². The fourth-order valence-corrected chi connectivity index (χ4v) is 3.80. The van der Waals surface area contributed by atoms with Crippen LogP contribution in [0.25, 0.3) is 0 Å². The van der Waals surface area contributed by atoms with Crippen molar-refractivity contribution >= 4 is 11.9 Å². The molecule has 130 valence electrons. The molecule has 0 spiro atoms. The number of hydrogen-bond acceptors (Lipinski definition) is 4. The van der Waals surface area contributed by atoms with Gasteiger partial charge < -0.3 is 15.1 Å². The molecule has 3 aliphatic rings. The normalized spacial score (nSPS) is 30.4. The first-order valence-electron chi connectivity index (χ1n) is 8.75. The molecule has 0 bridgehead atoms. The van der Waals surface area contributed by atoms with Crippen molar-refractivity contribution in [2.45, 2.75) is 50.5 Å². The molecule has 2 saturated carbocycles. The van der Waals surface area contributed by atoms with Gasteiger partial charge in [-0.2, -0.15) is 5.10 Å². The number of aliphatic hydroxyl groups excluding tert-OH is 1. The first kappa shape index (κ1) is 15.6. The second-order valence-corrected chi connectivity index (χ2v) is 7.62. The molecule has 4 rings (SSSR count). The molecule has 7 heteroatoms. The van der Waals surface area contributed by atoms with Gasteiger partial charge in [0.2, 0.25) is 0 Å². The van der Waals surface area contributed by atoms with Crippen molar-refractivity contribution in [2.24, 2.45) is 11.3 Å². The molecule has 1 aliphatic heterocycles. The maximum atomic E-state index is 12.7. The Bertz CT molecular complexity index is 665. The Morgan fingerprint density at radius 3 is 2.67 bits per heavy atom. The Morgan fingerprint density at radius 2 is 2.04 bits per heavy atom. The first-order chi connectivity index (χ1) is 11.5. The number of aromatic amines is 1. The SMILES string of the molecule is O=C(c1cc(C2CC2)[nH]n1)N1CC[C@@H](O)[C@](CC2CC2)(C(=O)O)C1. The molecule has 1 aromatic rings. The number of carboxylic acid groups (broad SMARTS) is 1. The van der Waals surface area contributed by atoms with Crippen LogP contribution in [-0.2, 0) is 4.79 Å². The van der Waals surface area contributed by atoms with Crippen molar-refractivity contribution in [3.63, 3.8) is 0 Å². The molecule has 3 N–H and O–H groups in total. The van der Waals surface area contributed by atoms with Crippen molar-refractivity contribution < 1.29 is 19.8 Å². The summed E-state index contributed by atoms with van der Waals surface area (Å²) >= 11 is 0. The number of amides is 1. The van der Waals surface area contributed by atoms with Gasteiger partial charge in [-0.15, -0.1) is 0 Å². The third kappa shape index (κ3) is 2.70. The summed E-state index contributed by atoms with van der Waals surface area (Å²) in [6, 6.07) is 1.79. The largest absolute Gasteiger partial charge is 0.481 e. The average molecular weight is 333 g/mol. The van der Waals surface area contributed by atoms with E-state index in [0.717, 1.165) is 31.4 Å². The van der Waals surface area contributed by atoms with E-state index in [1.165, 1.54) is 0 Å². The minimum atomic E-state index is -1.25. The van der Waals surface area contributed by atoms with Gasteiger partial charge in [0, 0.05) is 24.7 Å². The molecule has 0 radical (unpaired) electrons. The summed E-state index contributed by atoms with van der Waals surface area (Å²) in [5.74, 6) is -0.403. The molecular weight excluding hydrogens is 310 g/mol. The zero-order valence-corrected chi connectivity index (χ0v) is 13.6. The maximum absolute atomic E-state index is 12.7. The monoisotopic (exact) mass is 333 g/mol. The van der Waals surface area contributed by atoms with Crippen molar-refractivity contribution in [3.05, 3.63) is 17.5 Å². The topological polar surface area (TPSA) is 107 Å². The molecule has 7 nitrogen and oxygen atoms in total. The molecule has 24 heavy (non-hydrogen) atoms. The van der Waals surface area contributed by atoms with Crippen LogP contribution >= 0.6 is 0 Å². The Labute approximate surface area is 140 Å². The van der Waals surface area contributed by atoms with Gasteiger partial charge in [-0.3, -0.25) is 14.7 Å². The van der Waals surface area contributed by atoms with Crippen LogP contribution in [0.3, 0.4) is 0 Å². The van der Waals surface area contributed by atoms with Gasteiger partial charge in [-0.1, -0.05) is 12.8 Å². The van der Waals surface area contributed by atoms with Crippen molar-refractivity contribution in [3.8, 4) is 0 Å². The highest BCUT2D eigenvalue weighted by Gasteiger charge is 2.52. The van der Waals surface area contributed by atoms with Gasteiger partial charge in [0.1, 0.15) is 11.1 Å². The predicted octanol–water partition coefficient (Wildman–Crippen LogP) is 1.36. The van der Waals surface area contributed by atoms with Crippen molar-refractivity contribution in [2.75, 3.05) is 13.1 Å². The van der Waals surface area contributed by atoms with Crippen LogP contribution in [0.4, 0.5) is 0 Å². The zero-order chi connectivity index (χ0) is 16.9. The lowest BCUT2D eigenvalue weighted by Gasteiger charge is -2.43. The lowest BCUT2D eigenvalue weighted by atomic mass is 9.73. The summed E-state index contributed by atoms with van der Waals surface area (Å²) in [6.07, 6.45) is 4.11. The lowest BCUT2D eigenvalue weighted by molar-refractivity contribution is -0.163. The van der Waals surface area contributed by atoms with Gasteiger partial charge in [-0.25, -0.2) is 0 Å². The summed E-state index contributed by atoms with van der Waals surface area (Å²) < 4.78 is 0. The van der Waals surface area contributed by atoms with Crippen molar-refractivity contribution in [1.82, 2.24) is 15.1 Å². The summed E-state index contributed by atoms with van der Waals surface area (Å²) in [5.41, 5.74) is 0.0851. The Morgan fingerprint density at radius 1 is 1.29 bits per heavy atom. The Hall–Kier alpha value is -1.89. The molecule has 1 aromatic heterocycles. The Kier molecular flexibility index (Phi) is 3.63. The number of likely N-dealkylation sites (tertiary alicyclic amines) is 1. The second kappa shape index (κ2) is 5.58. The summed E-state index contributed by atoms with van der Waals surface area (Å²) in [4.78, 5) is 26.2. The number of rotatable bonds is 5. The van der Waals surface area contributed by atoms with Gasteiger partial charge in [0.15, 0.2) is 0 Å². The molecule has 2 atom stereocenters. The van der Waals surface area contributed by atoms with E-state index < -0.39 is 17.5 Å². The van der Waals surface area contributed by atoms with E-state index in [4.69, 9.17) is 0 Å². The molecule has 2 heterocycles. The highest BCUT2D eigenvalue weighted by Crippen LogP contribution is 2.45. The number of H-pyrrole nitrogens is 1. The second-order valence-electron chi connectivity index (χ2n) is 7.62. The van der Waals surface area contributed by atoms with Crippen LogP contribution in [0.1, 0.15) is 60.6 Å². The molecular formula is C17H23N3O4. The van der Waals surface area contributed by atoms with Crippen LogP contribution < -0.4 is 0 Å². The number of aromatic nitrogens is 2. The van der Waals surface area contributed by atoms with E-state index in [2.05, 4.69) is 10.2 Å². The van der Waals surface area contributed by atoms with Crippen LogP contribution in [0.15, 0.2) is 6.07 Å². The predicted molar refractivity (Wildman–Crippen MR) is 84.5 cm³/mol. The van der Waals surface area contributed by atoms with E-state index in [-0.39, 0.29) is 12.5 Å². The van der Waals surface area contributed by atoms with Gasteiger partial charge >= 0.3 is 5.97 Å². The summed E-state index contributed by atoms with van der Waals surface area (Å²) in [5, 5.41) is 27.2. The number of nitrogens with zero attached hydrogens (tertiary/aromatic N) is 2. The quantitative estimate of drug-likeness (QED) is 0.754. The van der Waals surface area contributed by atoms with Crippen LogP contribution in [0.5, 0.6) is 0 Å². The molecule has 2 aliphatic carbocycles. The van der Waals surface area contributed by atoms with Gasteiger partial charge in [0.25, 0.3) is 5.91 Å². The Balaban J connectivity index is 1.53. The summed E-state index contributed by atoms with van der Waals surface area (Å²) in [7, 11) is 0. The van der Waals surface area contributed by atoms with Crippen LogP contribution in [0.2, 0.25) is 0 Å². The van der Waals surface area contributed by atoms with Gasteiger partial charge in [-0.05, 0) is 37.7 Å². The third-order valence-corrected chi connectivity index (χ3v) is 5.68. The minimum Gasteiger partial charge on any atom is -0.481 e. The van der Waals surface area contributed by atoms with E-state index in [0.29, 0.717) is 36.9 Å². The first-order valence-corrected chi connectivity index (χ1v) is 8.75. The molecule has 3 fully saturated rings. The highest BCUT2D eigenvalue weighted by molar-refractivity contribution is 5.93. The third-order valence-electron chi connectivity index (χ3n) is 5.68. The number of aliphatic hydroxyl groups is 1. The van der Waals surface area contributed by atoms with E-state index in [1.807, 2.05) is 0 Å². The standard InChI is InChI=1S/C17H23N3O4/c21-14-5-6-20(9-17(14,16(23)24)8-10-1-2-10)15(22)13-7-12(18-19-13)11-3-4-11/h7,10-11,14,21H,1-6,8-9H2,(H,18,19)(H,23,24)/t14-,17-/m1/s1. The van der Waals surface area contributed by atoms with E-state index in [1.54, 1.807) is 11.0 Å². The molecule has 0 unspecified atom stereocenters.